The number of carboxylic acid groups (broad SMARTS) is 1. The molecule has 3 N–H and O–H groups in total. The van der Waals surface area contributed by atoms with E-state index in [1.165, 1.54) is 0 Å². The maximum atomic E-state index is 10.6. The molecule has 0 heterocycles. The standard InChI is InChI=1S/C16H25NO4/c1-11(2)17-9-14(18)10-21-15-6-4-13(12(3)8-15)5-7-16(19)20/h4,6,8,11,14,17-18H,5,7,9-10H2,1-3H3,(H,19,20). The van der Waals surface area contributed by atoms with E-state index in [2.05, 4.69) is 5.32 Å². The highest BCUT2D eigenvalue weighted by Crippen LogP contribution is 2.18. The molecule has 0 radical (unpaired) electrons. The smallest absolute Gasteiger partial charge is 0.303 e. The normalized spacial score (nSPS) is 12.4. The number of aliphatic hydroxyl groups excluding tert-OH is 1. The highest BCUT2D eigenvalue weighted by molar-refractivity contribution is 5.67. The molecule has 0 amide bonds. The molecule has 0 saturated heterocycles. The predicted octanol–water partition coefficient (Wildman–Crippen LogP) is 1.75. The van der Waals surface area contributed by atoms with Crippen molar-refractivity contribution in [3.8, 4) is 5.75 Å². The van der Waals surface area contributed by atoms with Crippen LogP contribution >= 0.6 is 0 Å². The van der Waals surface area contributed by atoms with Crippen LogP contribution in [0.4, 0.5) is 0 Å². The van der Waals surface area contributed by atoms with Crippen molar-refractivity contribution in [3.05, 3.63) is 29.3 Å². The van der Waals surface area contributed by atoms with Gasteiger partial charge in [-0.3, -0.25) is 4.79 Å². The summed E-state index contributed by atoms with van der Waals surface area (Å²) in [5.74, 6) is -0.106. The summed E-state index contributed by atoms with van der Waals surface area (Å²) in [5, 5.41) is 21.6. The number of aryl methyl sites for hydroxylation is 2. The lowest BCUT2D eigenvalue weighted by Crippen LogP contribution is -2.35. The molecular formula is C16H25NO4. The Labute approximate surface area is 125 Å². The Kier molecular flexibility index (Phi) is 7.19. The van der Waals surface area contributed by atoms with Crippen molar-refractivity contribution in [2.24, 2.45) is 0 Å². The van der Waals surface area contributed by atoms with Gasteiger partial charge in [0.1, 0.15) is 18.5 Å². The summed E-state index contributed by atoms with van der Waals surface area (Å²) >= 11 is 0. The fourth-order valence-electron chi connectivity index (χ4n) is 1.90. The van der Waals surface area contributed by atoms with Crippen molar-refractivity contribution in [1.82, 2.24) is 5.32 Å². The van der Waals surface area contributed by atoms with E-state index in [4.69, 9.17) is 9.84 Å². The lowest BCUT2D eigenvalue weighted by atomic mass is 10.0. The van der Waals surface area contributed by atoms with Crippen molar-refractivity contribution in [1.29, 1.82) is 0 Å². The van der Waals surface area contributed by atoms with Crippen LogP contribution in [0.15, 0.2) is 18.2 Å². The number of carboxylic acids is 1. The summed E-state index contributed by atoms with van der Waals surface area (Å²) in [6, 6.07) is 5.90. The SMILES string of the molecule is Cc1cc(OCC(O)CNC(C)C)ccc1CCC(=O)O. The summed E-state index contributed by atoms with van der Waals surface area (Å²) < 4.78 is 5.56. The molecule has 5 heteroatoms. The van der Waals surface area contributed by atoms with Gasteiger partial charge in [0.15, 0.2) is 0 Å². The number of aliphatic carboxylic acids is 1. The summed E-state index contributed by atoms with van der Waals surface area (Å²) in [5.41, 5.74) is 2.01. The number of aliphatic hydroxyl groups is 1. The van der Waals surface area contributed by atoms with E-state index in [0.29, 0.717) is 24.8 Å². The largest absolute Gasteiger partial charge is 0.491 e. The van der Waals surface area contributed by atoms with E-state index < -0.39 is 12.1 Å². The number of hydrogen-bond donors (Lipinski definition) is 3. The second kappa shape index (κ2) is 8.64. The van der Waals surface area contributed by atoms with Gasteiger partial charge in [-0.25, -0.2) is 0 Å². The quantitative estimate of drug-likeness (QED) is 0.647. The Hall–Kier alpha value is -1.59. The van der Waals surface area contributed by atoms with Crippen LogP contribution < -0.4 is 10.1 Å². The van der Waals surface area contributed by atoms with Gasteiger partial charge in [0, 0.05) is 19.0 Å². The minimum atomic E-state index is -0.796. The number of benzene rings is 1. The first kappa shape index (κ1) is 17.5. The Morgan fingerprint density at radius 1 is 1.38 bits per heavy atom. The molecule has 1 rings (SSSR count). The first-order chi connectivity index (χ1) is 9.88. The lowest BCUT2D eigenvalue weighted by Gasteiger charge is -2.15. The van der Waals surface area contributed by atoms with Crippen molar-refractivity contribution >= 4 is 5.97 Å². The van der Waals surface area contributed by atoms with Gasteiger partial charge >= 0.3 is 5.97 Å². The summed E-state index contributed by atoms with van der Waals surface area (Å²) in [6.07, 6.45) is 0.0858. The molecular weight excluding hydrogens is 270 g/mol. The zero-order valence-electron chi connectivity index (χ0n) is 12.9. The van der Waals surface area contributed by atoms with Crippen molar-refractivity contribution in [2.45, 2.75) is 45.8 Å². The van der Waals surface area contributed by atoms with Crippen LogP contribution in [0.2, 0.25) is 0 Å². The van der Waals surface area contributed by atoms with Crippen LogP contribution in [0.25, 0.3) is 0 Å². The van der Waals surface area contributed by atoms with Crippen LogP contribution in [0.3, 0.4) is 0 Å². The zero-order chi connectivity index (χ0) is 15.8. The summed E-state index contributed by atoms with van der Waals surface area (Å²) in [4.78, 5) is 10.6. The average molecular weight is 295 g/mol. The second-order valence-electron chi connectivity index (χ2n) is 5.51. The topological polar surface area (TPSA) is 78.8 Å². The van der Waals surface area contributed by atoms with Crippen molar-refractivity contribution in [2.75, 3.05) is 13.2 Å². The number of carbonyl (C=O) groups is 1. The van der Waals surface area contributed by atoms with E-state index >= 15 is 0 Å². The van der Waals surface area contributed by atoms with Gasteiger partial charge in [0.2, 0.25) is 0 Å². The maximum absolute atomic E-state index is 10.6. The maximum Gasteiger partial charge on any atom is 0.303 e. The van der Waals surface area contributed by atoms with E-state index in [-0.39, 0.29) is 13.0 Å². The van der Waals surface area contributed by atoms with E-state index in [0.717, 1.165) is 11.1 Å². The van der Waals surface area contributed by atoms with Gasteiger partial charge in [-0.15, -0.1) is 0 Å². The highest BCUT2D eigenvalue weighted by Gasteiger charge is 2.08. The number of hydrogen-bond acceptors (Lipinski definition) is 4. The Morgan fingerprint density at radius 3 is 2.67 bits per heavy atom. The minimum absolute atomic E-state index is 0.126. The lowest BCUT2D eigenvalue weighted by molar-refractivity contribution is -0.136. The van der Waals surface area contributed by atoms with Gasteiger partial charge in [0.05, 0.1) is 0 Å². The zero-order valence-corrected chi connectivity index (χ0v) is 12.9. The van der Waals surface area contributed by atoms with Gasteiger partial charge in [-0.1, -0.05) is 19.9 Å². The molecule has 21 heavy (non-hydrogen) atoms. The van der Waals surface area contributed by atoms with Crippen LogP contribution in [-0.4, -0.2) is 41.5 Å². The van der Waals surface area contributed by atoms with E-state index in [9.17, 15) is 9.90 Å². The van der Waals surface area contributed by atoms with Crippen LogP contribution in [0, 0.1) is 6.92 Å². The fraction of sp³-hybridized carbons (Fsp3) is 0.562. The third-order valence-corrected chi connectivity index (χ3v) is 3.13. The first-order valence-corrected chi connectivity index (χ1v) is 7.24. The monoisotopic (exact) mass is 295 g/mol. The summed E-state index contributed by atoms with van der Waals surface area (Å²) in [6.45, 7) is 6.70. The molecule has 0 fully saturated rings. The fourth-order valence-corrected chi connectivity index (χ4v) is 1.90. The van der Waals surface area contributed by atoms with Gasteiger partial charge < -0.3 is 20.3 Å². The van der Waals surface area contributed by atoms with Gasteiger partial charge in [-0.05, 0) is 36.6 Å². The minimum Gasteiger partial charge on any atom is -0.491 e. The van der Waals surface area contributed by atoms with Crippen LogP contribution in [0.1, 0.15) is 31.4 Å². The summed E-state index contributed by atoms with van der Waals surface area (Å²) in [7, 11) is 0. The predicted molar refractivity (Wildman–Crippen MR) is 81.8 cm³/mol. The Balaban J connectivity index is 2.46. The van der Waals surface area contributed by atoms with E-state index in [1.54, 1.807) is 0 Å². The average Bonchev–Trinajstić information content (AvgIpc) is 2.41. The third kappa shape index (κ3) is 7.11. The molecule has 1 aromatic rings. The van der Waals surface area contributed by atoms with Crippen LogP contribution in [-0.2, 0) is 11.2 Å². The molecule has 0 aliphatic heterocycles. The van der Waals surface area contributed by atoms with Crippen molar-refractivity contribution < 1.29 is 19.7 Å². The number of nitrogens with one attached hydrogen (secondary N) is 1. The molecule has 118 valence electrons. The molecule has 0 aliphatic rings. The van der Waals surface area contributed by atoms with Crippen LogP contribution in [0.5, 0.6) is 5.75 Å². The van der Waals surface area contributed by atoms with Gasteiger partial charge in [-0.2, -0.15) is 0 Å². The van der Waals surface area contributed by atoms with Crippen molar-refractivity contribution in [3.63, 3.8) is 0 Å². The first-order valence-electron chi connectivity index (χ1n) is 7.24. The van der Waals surface area contributed by atoms with E-state index in [1.807, 2.05) is 39.0 Å². The molecule has 1 aromatic carbocycles. The molecule has 0 bridgehead atoms. The van der Waals surface area contributed by atoms with Gasteiger partial charge in [0.25, 0.3) is 0 Å². The highest BCUT2D eigenvalue weighted by atomic mass is 16.5. The Morgan fingerprint density at radius 2 is 2.10 bits per heavy atom. The molecule has 0 saturated carbocycles. The molecule has 0 aromatic heterocycles. The molecule has 5 nitrogen and oxygen atoms in total. The number of ether oxygens (including phenoxy) is 1. The molecule has 1 atom stereocenters. The molecule has 0 aliphatic carbocycles. The second-order valence-corrected chi connectivity index (χ2v) is 5.51. The molecule has 1 unspecified atom stereocenters. The Bertz CT molecular complexity index is 460. The molecule has 0 spiro atoms. The number of rotatable bonds is 9. The third-order valence-electron chi connectivity index (χ3n) is 3.13.